The van der Waals surface area contributed by atoms with Gasteiger partial charge < -0.3 is 10.5 Å². The van der Waals surface area contributed by atoms with E-state index >= 15 is 0 Å². The molecule has 76 valence electrons. The van der Waals surface area contributed by atoms with Crippen LogP contribution >= 0.6 is 0 Å². The molecular weight excluding hydrogens is 166 g/mol. The fraction of sp³-hybridized carbons (Fsp3) is 0.889. The maximum Gasteiger partial charge on any atom is 0.0947 e. The van der Waals surface area contributed by atoms with Crippen LogP contribution in [-0.2, 0) is 4.74 Å². The second-order valence-electron chi connectivity index (χ2n) is 3.76. The summed E-state index contributed by atoms with van der Waals surface area (Å²) in [6, 6.07) is 0. The number of ether oxygens (including phenoxy) is 1. The molecule has 0 aromatic carbocycles. The first-order valence-electron chi connectivity index (χ1n) is 4.72. The average molecular weight is 185 g/mol. The molecule has 1 rings (SSSR count). The molecular formula is C9H19N3O. The zero-order valence-electron chi connectivity index (χ0n) is 8.42. The van der Waals surface area contributed by atoms with Crippen molar-refractivity contribution in [3.63, 3.8) is 0 Å². The summed E-state index contributed by atoms with van der Waals surface area (Å²) >= 11 is 0. The van der Waals surface area contributed by atoms with Gasteiger partial charge in [0, 0.05) is 32.7 Å². The lowest BCUT2D eigenvalue weighted by Gasteiger charge is -2.19. The van der Waals surface area contributed by atoms with Gasteiger partial charge in [-0.1, -0.05) is 6.92 Å². The molecule has 0 amide bonds. The SMILES string of the molecule is COC1CCN(CC(C)C(=N)N)C1. The van der Waals surface area contributed by atoms with Crippen LogP contribution in [0.15, 0.2) is 0 Å². The summed E-state index contributed by atoms with van der Waals surface area (Å²) in [5.41, 5.74) is 5.41. The van der Waals surface area contributed by atoms with Crippen LogP contribution in [0, 0.1) is 11.3 Å². The summed E-state index contributed by atoms with van der Waals surface area (Å²) in [6.07, 6.45) is 1.47. The monoisotopic (exact) mass is 185 g/mol. The van der Waals surface area contributed by atoms with Gasteiger partial charge in [-0.2, -0.15) is 0 Å². The van der Waals surface area contributed by atoms with Crippen LogP contribution in [0.2, 0.25) is 0 Å². The van der Waals surface area contributed by atoms with Gasteiger partial charge in [0.1, 0.15) is 0 Å². The van der Waals surface area contributed by atoms with E-state index in [-0.39, 0.29) is 11.8 Å². The van der Waals surface area contributed by atoms with Crippen molar-refractivity contribution in [2.45, 2.75) is 19.4 Å². The Morgan fingerprint density at radius 3 is 2.92 bits per heavy atom. The van der Waals surface area contributed by atoms with Crippen LogP contribution in [0.25, 0.3) is 0 Å². The van der Waals surface area contributed by atoms with Crippen molar-refractivity contribution in [1.29, 1.82) is 5.41 Å². The summed E-state index contributed by atoms with van der Waals surface area (Å²) in [5.74, 6) is 0.441. The first-order valence-corrected chi connectivity index (χ1v) is 4.72. The molecule has 0 radical (unpaired) electrons. The lowest BCUT2D eigenvalue weighted by molar-refractivity contribution is 0.107. The smallest absolute Gasteiger partial charge is 0.0947 e. The van der Waals surface area contributed by atoms with Crippen LogP contribution in [0.1, 0.15) is 13.3 Å². The van der Waals surface area contributed by atoms with Crippen molar-refractivity contribution >= 4 is 5.84 Å². The van der Waals surface area contributed by atoms with Crippen LogP contribution < -0.4 is 5.73 Å². The zero-order chi connectivity index (χ0) is 9.84. The third-order valence-electron chi connectivity index (χ3n) is 2.63. The largest absolute Gasteiger partial charge is 0.387 e. The van der Waals surface area contributed by atoms with Crippen molar-refractivity contribution in [3.8, 4) is 0 Å². The van der Waals surface area contributed by atoms with Crippen LogP contribution in [-0.4, -0.2) is 43.6 Å². The number of hydrogen-bond donors (Lipinski definition) is 2. The van der Waals surface area contributed by atoms with Gasteiger partial charge in [-0.15, -0.1) is 0 Å². The number of rotatable bonds is 4. The number of nitrogens with zero attached hydrogens (tertiary/aromatic N) is 1. The fourth-order valence-corrected chi connectivity index (χ4v) is 1.64. The van der Waals surface area contributed by atoms with Crippen LogP contribution in [0.3, 0.4) is 0 Å². The van der Waals surface area contributed by atoms with Crippen molar-refractivity contribution in [3.05, 3.63) is 0 Å². The van der Waals surface area contributed by atoms with Gasteiger partial charge in [0.2, 0.25) is 0 Å². The minimum absolute atomic E-state index is 0.163. The Kier molecular flexibility index (Phi) is 3.69. The number of nitrogens with one attached hydrogen (secondary N) is 1. The molecule has 0 bridgehead atoms. The molecule has 4 nitrogen and oxygen atoms in total. The van der Waals surface area contributed by atoms with E-state index in [9.17, 15) is 0 Å². The van der Waals surface area contributed by atoms with E-state index in [4.69, 9.17) is 15.9 Å². The Balaban J connectivity index is 2.27. The maximum absolute atomic E-state index is 7.28. The zero-order valence-corrected chi connectivity index (χ0v) is 8.42. The number of hydrogen-bond acceptors (Lipinski definition) is 3. The summed E-state index contributed by atoms with van der Waals surface area (Å²) in [4.78, 5) is 2.31. The van der Waals surface area contributed by atoms with E-state index in [1.54, 1.807) is 7.11 Å². The standard InChI is InChI=1S/C9H19N3O/c1-7(9(10)11)5-12-4-3-8(6-12)13-2/h7-8H,3-6H2,1-2H3,(H3,10,11). The predicted octanol–water partition coefficient (Wildman–Crippen LogP) is 0.279. The molecule has 4 heteroatoms. The molecule has 2 atom stereocenters. The normalized spacial score (nSPS) is 26.2. The Hall–Kier alpha value is -0.610. The van der Waals surface area contributed by atoms with Gasteiger partial charge in [0.25, 0.3) is 0 Å². The summed E-state index contributed by atoms with van der Waals surface area (Å²) < 4.78 is 5.26. The lowest BCUT2D eigenvalue weighted by atomic mass is 10.1. The van der Waals surface area contributed by atoms with Crippen molar-refractivity contribution in [1.82, 2.24) is 4.90 Å². The van der Waals surface area contributed by atoms with Gasteiger partial charge in [-0.05, 0) is 6.42 Å². The second kappa shape index (κ2) is 4.58. The van der Waals surface area contributed by atoms with Crippen LogP contribution in [0.4, 0.5) is 0 Å². The summed E-state index contributed by atoms with van der Waals surface area (Å²) in [5, 5.41) is 7.28. The number of likely N-dealkylation sites (tertiary alicyclic amines) is 1. The molecule has 2 unspecified atom stereocenters. The van der Waals surface area contributed by atoms with E-state index in [1.165, 1.54) is 0 Å². The third-order valence-corrected chi connectivity index (χ3v) is 2.63. The van der Waals surface area contributed by atoms with E-state index in [2.05, 4.69) is 4.90 Å². The molecule has 1 aliphatic rings. The predicted molar refractivity (Wildman–Crippen MR) is 52.9 cm³/mol. The highest BCUT2D eigenvalue weighted by atomic mass is 16.5. The molecule has 1 fully saturated rings. The lowest BCUT2D eigenvalue weighted by Crippen LogP contribution is -2.33. The highest BCUT2D eigenvalue weighted by molar-refractivity contribution is 5.79. The van der Waals surface area contributed by atoms with Gasteiger partial charge in [0.15, 0.2) is 0 Å². The molecule has 0 aromatic heterocycles. The molecule has 0 spiro atoms. The highest BCUT2D eigenvalue weighted by Crippen LogP contribution is 2.13. The van der Waals surface area contributed by atoms with Gasteiger partial charge in [-0.25, -0.2) is 0 Å². The van der Waals surface area contributed by atoms with Gasteiger partial charge in [0.05, 0.1) is 11.9 Å². The molecule has 0 aromatic rings. The number of amidine groups is 1. The van der Waals surface area contributed by atoms with Crippen molar-refractivity contribution < 1.29 is 4.74 Å². The summed E-state index contributed by atoms with van der Waals surface area (Å²) in [6.45, 7) is 4.92. The van der Waals surface area contributed by atoms with Gasteiger partial charge in [-0.3, -0.25) is 10.3 Å². The molecule has 0 saturated carbocycles. The molecule has 3 N–H and O–H groups in total. The quantitative estimate of drug-likeness (QED) is 0.488. The minimum atomic E-state index is 0.163. The molecule has 0 aliphatic carbocycles. The minimum Gasteiger partial charge on any atom is -0.387 e. The van der Waals surface area contributed by atoms with E-state index in [1.807, 2.05) is 6.92 Å². The van der Waals surface area contributed by atoms with Crippen molar-refractivity contribution in [2.24, 2.45) is 11.7 Å². The Bertz CT molecular complexity index is 184. The highest BCUT2D eigenvalue weighted by Gasteiger charge is 2.23. The van der Waals surface area contributed by atoms with Crippen LogP contribution in [0.5, 0.6) is 0 Å². The van der Waals surface area contributed by atoms with E-state index < -0.39 is 0 Å². The van der Waals surface area contributed by atoms with Gasteiger partial charge >= 0.3 is 0 Å². The summed E-state index contributed by atoms with van der Waals surface area (Å²) in [7, 11) is 1.75. The number of nitrogens with two attached hydrogens (primary N) is 1. The molecule has 1 saturated heterocycles. The van der Waals surface area contributed by atoms with Crippen molar-refractivity contribution in [2.75, 3.05) is 26.7 Å². The molecule has 1 aliphatic heterocycles. The van der Waals surface area contributed by atoms with E-state index in [0.717, 1.165) is 26.1 Å². The Morgan fingerprint density at radius 2 is 2.46 bits per heavy atom. The first kappa shape index (κ1) is 10.5. The molecule has 13 heavy (non-hydrogen) atoms. The maximum atomic E-state index is 7.28. The number of methoxy groups -OCH3 is 1. The average Bonchev–Trinajstić information content (AvgIpc) is 2.52. The Morgan fingerprint density at radius 1 is 1.77 bits per heavy atom. The first-order chi connectivity index (χ1) is 6.13. The second-order valence-corrected chi connectivity index (χ2v) is 3.76. The topological polar surface area (TPSA) is 62.3 Å². The Labute approximate surface area is 79.6 Å². The molecule has 1 heterocycles. The fourth-order valence-electron chi connectivity index (χ4n) is 1.64. The third kappa shape index (κ3) is 2.97. The van der Waals surface area contributed by atoms with E-state index in [0.29, 0.717) is 6.10 Å².